The van der Waals surface area contributed by atoms with Crippen LogP contribution in [0.15, 0.2) is 18.2 Å². The summed E-state index contributed by atoms with van der Waals surface area (Å²) in [6.07, 6.45) is 7.14. The topological polar surface area (TPSA) is 43.3 Å². The third-order valence-corrected chi connectivity index (χ3v) is 5.29. The van der Waals surface area contributed by atoms with Crippen LogP contribution < -0.4 is 10.1 Å². The van der Waals surface area contributed by atoms with E-state index in [9.17, 15) is 4.79 Å². The van der Waals surface area contributed by atoms with Gasteiger partial charge in [-0.05, 0) is 31.0 Å². The first-order valence-corrected chi connectivity index (χ1v) is 8.87. The van der Waals surface area contributed by atoms with Gasteiger partial charge in [-0.15, -0.1) is 0 Å². The third-order valence-electron chi connectivity index (χ3n) is 4.96. The zero-order valence-electron chi connectivity index (χ0n) is 13.1. The van der Waals surface area contributed by atoms with Gasteiger partial charge in [0.1, 0.15) is 18.1 Å². The molecular formula is C18H21ClN2O2. The average Bonchev–Trinajstić information content (AvgIpc) is 2.77. The highest BCUT2D eigenvalue weighted by atomic mass is 35.5. The molecule has 1 aromatic heterocycles. The minimum absolute atomic E-state index is 0.0111. The Morgan fingerprint density at radius 3 is 2.78 bits per heavy atom. The molecule has 0 radical (unpaired) electrons. The van der Waals surface area contributed by atoms with Crippen LogP contribution in [-0.2, 0) is 6.54 Å². The lowest BCUT2D eigenvalue weighted by Crippen LogP contribution is -2.36. The fraction of sp³-hybridized carbons (Fsp3) is 0.500. The Labute approximate surface area is 140 Å². The van der Waals surface area contributed by atoms with Crippen molar-refractivity contribution in [2.75, 3.05) is 6.61 Å². The van der Waals surface area contributed by atoms with Crippen LogP contribution in [0.1, 0.15) is 49.0 Å². The molecule has 0 atom stereocenters. The van der Waals surface area contributed by atoms with Crippen molar-refractivity contribution in [3.8, 4) is 5.75 Å². The van der Waals surface area contributed by atoms with Gasteiger partial charge in [-0.25, -0.2) is 0 Å². The van der Waals surface area contributed by atoms with Crippen molar-refractivity contribution >= 4 is 28.4 Å². The molecule has 0 bridgehead atoms. The zero-order valence-corrected chi connectivity index (χ0v) is 13.9. The van der Waals surface area contributed by atoms with Gasteiger partial charge in [-0.1, -0.05) is 37.3 Å². The van der Waals surface area contributed by atoms with Crippen molar-refractivity contribution in [3.63, 3.8) is 0 Å². The number of hydrogen-bond donors (Lipinski definition) is 1. The van der Waals surface area contributed by atoms with Crippen LogP contribution in [0.5, 0.6) is 5.75 Å². The molecule has 1 N–H and O–H groups in total. The summed E-state index contributed by atoms with van der Waals surface area (Å²) in [4.78, 5) is 12.8. The van der Waals surface area contributed by atoms with Gasteiger partial charge in [0.15, 0.2) is 0 Å². The predicted molar refractivity (Wildman–Crippen MR) is 91.4 cm³/mol. The van der Waals surface area contributed by atoms with Crippen LogP contribution >= 0.6 is 11.6 Å². The molecule has 4 rings (SSSR count). The molecule has 0 unspecified atom stereocenters. The van der Waals surface area contributed by atoms with E-state index < -0.39 is 0 Å². The van der Waals surface area contributed by atoms with Gasteiger partial charge in [-0.2, -0.15) is 0 Å². The number of halogens is 1. The maximum absolute atomic E-state index is 12.8. The van der Waals surface area contributed by atoms with Gasteiger partial charge in [0.2, 0.25) is 0 Å². The van der Waals surface area contributed by atoms with E-state index in [0.29, 0.717) is 29.9 Å². The molecule has 122 valence electrons. The highest BCUT2D eigenvalue weighted by Crippen LogP contribution is 2.36. The van der Waals surface area contributed by atoms with Crippen molar-refractivity contribution in [1.82, 2.24) is 9.88 Å². The lowest BCUT2D eigenvalue weighted by atomic mass is 10.1. The number of carbonyl (C=O) groups is 1. The number of nitrogens with one attached hydrogen (secondary N) is 1. The van der Waals surface area contributed by atoms with E-state index >= 15 is 0 Å². The molecule has 2 aliphatic rings. The van der Waals surface area contributed by atoms with E-state index in [2.05, 4.69) is 5.32 Å². The fourth-order valence-electron chi connectivity index (χ4n) is 3.78. The summed E-state index contributed by atoms with van der Waals surface area (Å²) in [5.74, 6) is 0.821. The first-order valence-electron chi connectivity index (χ1n) is 8.49. The standard InChI is InChI=1S/C18H21ClN2O2/c19-14-7-8-16-17-13(14)11-15(21(17)9-10-23-16)18(22)20-12-5-3-1-2-4-6-12/h7-8,11-12H,1-6,9-10H2,(H,20,22). The zero-order chi connectivity index (χ0) is 15.8. The number of amides is 1. The second-order valence-electron chi connectivity index (χ2n) is 6.50. The van der Waals surface area contributed by atoms with Crippen LogP contribution in [0.2, 0.25) is 5.02 Å². The van der Waals surface area contributed by atoms with Gasteiger partial charge in [0.25, 0.3) is 5.91 Å². The molecule has 1 aliphatic heterocycles. The monoisotopic (exact) mass is 332 g/mol. The minimum Gasteiger partial charge on any atom is -0.490 e. The number of ether oxygens (including phenoxy) is 1. The van der Waals surface area contributed by atoms with E-state index in [1.807, 2.05) is 22.8 Å². The van der Waals surface area contributed by atoms with Crippen LogP contribution in [0.3, 0.4) is 0 Å². The molecule has 4 nitrogen and oxygen atoms in total. The lowest BCUT2D eigenvalue weighted by Gasteiger charge is -2.20. The second kappa shape index (κ2) is 6.08. The summed E-state index contributed by atoms with van der Waals surface area (Å²) in [6.45, 7) is 1.27. The molecule has 1 saturated carbocycles. The van der Waals surface area contributed by atoms with E-state index in [-0.39, 0.29) is 5.91 Å². The van der Waals surface area contributed by atoms with Gasteiger partial charge >= 0.3 is 0 Å². The van der Waals surface area contributed by atoms with Gasteiger partial charge in [0, 0.05) is 11.4 Å². The maximum atomic E-state index is 12.8. The van der Waals surface area contributed by atoms with Gasteiger partial charge in [-0.3, -0.25) is 4.79 Å². The van der Waals surface area contributed by atoms with Gasteiger partial charge < -0.3 is 14.6 Å². The van der Waals surface area contributed by atoms with Crippen molar-refractivity contribution in [3.05, 3.63) is 28.9 Å². The SMILES string of the molecule is O=C(NC1CCCCCC1)c1cc2c(Cl)ccc3c2n1CCO3. The molecule has 23 heavy (non-hydrogen) atoms. The molecule has 1 amide bonds. The summed E-state index contributed by atoms with van der Waals surface area (Å²) in [5.41, 5.74) is 1.64. The highest BCUT2D eigenvalue weighted by molar-refractivity contribution is 6.36. The minimum atomic E-state index is 0.0111. The number of hydrogen-bond acceptors (Lipinski definition) is 2. The number of carbonyl (C=O) groups excluding carboxylic acids is 1. The number of aromatic nitrogens is 1. The quantitative estimate of drug-likeness (QED) is 0.840. The Balaban J connectivity index is 1.67. The molecule has 0 saturated heterocycles. The lowest BCUT2D eigenvalue weighted by molar-refractivity contribution is 0.0922. The van der Waals surface area contributed by atoms with Crippen LogP contribution in [0.4, 0.5) is 0 Å². The number of benzene rings is 1. The molecule has 2 heterocycles. The largest absolute Gasteiger partial charge is 0.490 e. The summed E-state index contributed by atoms with van der Waals surface area (Å²) in [5, 5.41) is 4.79. The van der Waals surface area contributed by atoms with Crippen molar-refractivity contribution in [2.24, 2.45) is 0 Å². The fourth-order valence-corrected chi connectivity index (χ4v) is 3.99. The number of nitrogens with zero attached hydrogens (tertiary/aromatic N) is 1. The molecule has 1 aromatic carbocycles. The van der Waals surface area contributed by atoms with E-state index in [4.69, 9.17) is 16.3 Å². The molecule has 0 spiro atoms. The summed E-state index contributed by atoms with van der Waals surface area (Å²) in [7, 11) is 0. The summed E-state index contributed by atoms with van der Waals surface area (Å²) >= 11 is 6.31. The van der Waals surface area contributed by atoms with Gasteiger partial charge in [0.05, 0.1) is 17.1 Å². The molecule has 1 fully saturated rings. The van der Waals surface area contributed by atoms with Crippen LogP contribution in [0, 0.1) is 0 Å². The highest BCUT2D eigenvalue weighted by Gasteiger charge is 2.24. The molecule has 1 aliphatic carbocycles. The predicted octanol–water partition coefficient (Wildman–Crippen LogP) is 4.14. The maximum Gasteiger partial charge on any atom is 0.268 e. The smallest absolute Gasteiger partial charge is 0.268 e. The van der Waals surface area contributed by atoms with Crippen LogP contribution in [-0.4, -0.2) is 23.1 Å². The Hall–Kier alpha value is -1.68. The summed E-state index contributed by atoms with van der Waals surface area (Å²) in [6, 6.07) is 5.92. The molecular weight excluding hydrogens is 312 g/mol. The first-order chi connectivity index (χ1) is 11.2. The molecule has 2 aromatic rings. The Morgan fingerprint density at radius 2 is 2.00 bits per heavy atom. The van der Waals surface area contributed by atoms with E-state index in [0.717, 1.165) is 29.5 Å². The Kier molecular flexibility index (Phi) is 3.93. The normalized spacial score (nSPS) is 18.5. The first kappa shape index (κ1) is 14.9. The third kappa shape index (κ3) is 2.69. The van der Waals surface area contributed by atoms with Crippen molar-refractivity contribution in [1.29, 1.82) is 0 Å². The van der Waals surface area contributed by atoms with Crippen LogP contribution in [0.25, 0.3) is 10.9 Å². The molecule has 5 heteroatoms. The Bertz CT molecular complexity index is 745. The summed E-state index contributed by atoms with van der Waals surface area (Å²) < 4.78 is 7.75. The average molecular weight is 333 g/mol. The van der Waals surface area contributed by atoms with Crippen molar-refractivity contribution in [2.45, 2.75) is 51.1 Å². The number of rotatable bonds is 2. The van der Waals surface area contributed by atoms with E-state index in [1.165, 1.54) is 25.7 Å². The second-order valence-corrected chi connectivity index (χ2v) is 6.91. The Morgan fingerprint density at radius 1 is 1.22 bits per heavy atom. The van der Waals surface area contributed by atoms with E-state index in [1.54, 1.807) is 0 Å². The van der Waals surface area contributed by atoms with Crippen molar-refractivity contribution < 1.29 is 9.53 Å².